The van der Waals surface area contributed by atoms with E-state index in [4.69, 9.17) is 0 Å². The predicted molar refractivity (Wildman–Crippen MR) is 64.4 cm³/mol. The molecular weight excluding hydrogens is 200 g/mol. The number of hydrogen-bond donors (Lipinski definition) is 2. The van der Waals surface area contributed by atoms with Gasteiger partial charge in [-0.05, 0) is 36.8 Å². The van der Waals surface area contributed by atoms with Crippen molar-refractivity contribution in [3.05, 3.63) is 54.4 Å². The van der Waals surface area contributed by atoms with E-state index in [1.807, 2.05) is 31.2 Å². The molecule has 1 aromatic heterocycles. The maximum absolute atomic E-state index is 9.39. The zero-order chi connectivity index (χ0) is 11.4. The number of aromatic hydroxyl groups is 1. The summed E-state index contributed by atoms with van der Waals surface area (Å²) in [6.45, 7) is 2.04. The summed E-state index contributed by atoms with van der Waals surface area (Å²) in [4.78, 5) is 4.04. The number of hydrogen-bond acceptors (Lipinski definition) is 3. The van der Waals surface area contributed by atoms with Crippen molar-refractivity contribution >= 4 is 5.69 Å². The molecule has 0 fully saturated rings. The molecule has 1 unspecified atom stereocenters. The maximum Gasteiger partial charge on any atom is 0.115 e. The number of phenolic OH excluding ortho intramolecular Hbond substituents is 1. The molecule has 0 aliphatic rings. The van der Waals surface area contributed by atoms with Gasteiger partial charge in [0.1, 0.15) is 5.75 Å². The fraction of sp³-hybridized carbons (Fsp3) is 0.154. The number of nitrogens with one attached hydrogen (secondary N) is 1. The molecule has 3 nitrogen and oxygen atoms in total. The van der Waals surface area contributed by atoms with Crippen molar-refractivity contribution in [2.75, 3.05) is 5.32 Å². The van der Waals surface area contributed by atoms with Gasteiger partial charge >= 0.3 is 0 Å². The van der Waals surface area contributed by atoms with Gasteiger partial charge in [-0.15, -0.1) is 0 Å². The zero-order valence-electron chi connectivity index (χ0n) is 9.09. The van der Waals surface area contributed by atoms with Crippen LogP contribution in [0.4, 0.5) is 5.69 Å². The van der Waals surface area contributed by atoms with Gasteiger partial charge in [0.25, 0.3) is 0 Å². The van der Waals surface area contributed by atoms with E-state index in [0.717, 1.165) is 11.3 Å². The van der Waals surface area contributed by atoms with E-state index in [9.17, 15) is 5.11 Å². The van der Waals surface area contributed by atoms with Crippen LogP contribution in [0.1, 0.15) is 18.5 Å². The minimum atomic E-state index is 0.135. The van der Waals surface area contributed by atoms with Crippen molar-refractivity contribution in [3.8, 4) is 5.75 Å². The summed E-state index contributed by atoms with van der Waals surface area (Å²) in [7, 11) is 0. The number of aromatic nitrogens is 1. The second-order valence-corrected chi connectivity index (χ2v) is 3.70. The first kappa shape index (κ1) is 10.5. The molecule has 0 amide bonds. The summed E-state index contributed by atoms with van der Waals surface area (Å²) in [5.74, 6) is 0.289. The first-order valence-electron chi connectivity index (χ1n) is 5.21. The largest absolute Gasteiger partial charge is 0.508 e. The number of nitrogens with zero attached hydrogens (tertiary/aromatic N) is 1. The molecule has 3 heteroatoms. The number of benzene rings is 1. The van der Waals surface area contributed by atoms with Crippen molar-refractivity contribution in [2.24, 2.45) is 0 Å². The van der Waals surface area contributed by atoms with Gasteiger partial charge in [0.2, 0.25) is 0 Å². The Bertz CT molecular complexity index is 456. The summed E-state index contributed by atoms with van der Waals surface area (Å²) in [5.41, 5.74) is 2.02. The molecule has 16 heavy (non-hydrogen) atoms. The van der Waals surface area contributed by atoms with Crippen LogP contribution in [-0.2, 0) is 0 Å². The molecule has 1 atom stereocenters. The Morgan fingerprint density at radius 1 is 1.25 bits per heavy atom. The smallest absolute Gasteiger partial charge is 0.115 e. The third-order valence-electron chi connectivity index (χ3n) is 2.41. The molecule has 1 aromatic carbocycles. The molecule has 1 heterocycles. The van der Waals surface area contributed by atoms with Crippen molar-refractivity contribution < 1.29 is 5.11 Å². The summed E-state index contributed by atoms with van der Waals surface area (Å²) >= 11 is 0. The number of anilines is 1. The van der Waals surface area contributed by atoms with E-state index in [0.29, 0.717) is 0 Å². The van der Waals surface area contributed by atoms with Gasteiger partial charge in [0.15, 0.2) is 0 Å². The lowest BCUT2D eigenvalue weighted by Crippen LogP contribution is -2.06. The second-order valence-electron chi connectivity index (χ2n) is 3.70. The number of rotatable bonds is 3. The average Bonchev–Trinajstić information content (AvgIpc) is 2.30. The molecule has 0 saturated heterocycles. The van der Waals surface area contributed by atoms with Crippen LogP contribution in [0.15, 0.2) is 48.8 Å². The van der Waals surface area contributed by atoms with Crippen LogP contribution >= 0.6 is 0 Å². The quantitative estimate of drug-likeness (QED) is 0.825. The van der Waals surface area contributed by atoms with E-state index >= 15 is 0 Å². The Labute approximate surface area is 94.8 Å². The first-order valence-corrected chi connectivity index (χ1v) is 5.21. The number of phenols is 1. The Kier molecular flexibility index (Phi) is 3.05. The molecular formula is C13H14N2O. The summed E-state index contributed by atoms with van der Waals surface area (Å²) in [5, 5.41) is 12.7. The highest BCUT2D eigenvalue weighted by molar-refractivity contribution is 5.43. The van der Waals surface area contributed by atoms with Crippen molar-refractivity contribution in [3.63, 3.8) is 0 Å². The molecule has 0 aliphatic carbocycles. The van der Waals surface area contributed by atoms with Crippen molar-refractivity contribution in [1.29, 1.82) is 0 Å². The normalized spacial score (nSPS) is 12.1. The molecule has 82 valence electrons. The monoisotopic (exact) mass is 214 g/mol. The zero-order valence-corrected chi connectivity index (χ0v) is 9.09. The highest BCUT2D eigenvalue weighted by Gasteiger charge is 2.05. The van der Waals surface area contributed by atoms with Gasteiger partial charge < -0.3 is 10.4 Å². The van der Waals surface area contributed by atoms with E-state index in [2.05, 4.69) is 10.3 Å². The molecule has 0 spiro atoms. The molecule has 0 bridgehead atoms. The van der Waals surface area contributed by atoms with Gasteiger partial charge in [0.05, 0.1) is 5.69 Å². The van der Waals surface area contributed by atoms with Crippen molar-refractivity contribution in [1.82, 2.24) is 4.98 Å². The topological polar surface area (TPSA) is 45.2 Å². The molecule has 0 saturated carbocycles. The Balaban J connectivity index is 2.12. The maximum atomic E-state index is 9.39. The van der Waals surface area contributed by atoms with Gasteiger partial charge in [-0.2, -0.15) is 0 Å². The third-order valence-corrected chi connectivity index (χ3v) is 2.41. The van der Waals surface area contributed by atoms with Gasteiger partial charge in [0, 0.05) is 18.4 Å². The Morgan fingerprint density at radius 2 is 2.12 bits per heavy atom. The molecule has 2 rings (SSSR count). The lowest BCUT2D eigenvalue weighted by molar-refractivity contribution is 0.474. The minimum Gasteiger partial charge on any atom is -0.508 e. The molecule has 2 aromatic rings. The lowest BCUT2D eigenvalue weighted by Gasteiger charge is -2.15. The summed E-state index contributed by atoms with van der Waals surface area (Å²) in [6.07, 6.45) is 3.52. The SMILES string of the molecule is CC(Nc1cccnc1)c1cccc(O)c1. The van der Waals surface area contributed by atoms with Crippen LogP contribution < -0.4 is 5.32 Å². The van der Waals surface area contributed by atoms with Gasteiger partial charge in [-0.3, -0.25) is 4.98 Å². The standard InChI is InChI=1S/C13H14N2O/c1-10(11-4-2-6-13(16)8-11)15-12-5-3-7-14-9-12/h2-10,15-16H,1H3. The van der Waals surface area contributed by atoms with Crippen LogP contribution in [0.2, 0.25) is 0 Å². The van der Waals surface area contributed by atoms with Gasteiger partial charge in [-0.1, -0.05) is 12.1 Å². The predicted octanol–water partition coefficient (Wildman–Crippen LogP) is 2.96. The average molecular weight is 214 g/mol. The highest BCUT2D eigenvalue weighted by atomic mass is 16.3. The molecule has 2 N–H and O–H groups in total. The van der Waals surface area contributed by atoms with E-state index in [-0.39, 0.29) is 11.8 Å². The summed E-state index contributed by atoms with van der Waals surface area (Å²) in [6, 6.07) is 11.2. The first-order chi connectivity index (χ1) is 7.75. The molecule has 0 radical (unpaired) electrons. The van der Waals surface area contributed by atoms with Crippen LogP contribution in [0.25, 0.3) is 0 Å². The second kappa shape index (κ2) is 4.66. The van der Waals surface area contributed by atoms with Crippen LogP contribution in [0.5, 0.6) is 5.75 Å². The Morgan fingerprint density at radius 3 is 2.81 bits per heavy atom. The molecule has 0 aliphatic heterocycles. The number of pyridine rings is 1. The Hall–Kier alpha value is -2.03. The lowest BCUT2D eigenvalue weighted by atomic mass is 10.1. The van der Waals surface area contributed by atoms with E-state index in [1.54, 1.807) is 24.5 Å². The fourth-order valence-corrected chi connectivity index (χ4v) is 1.58. The minimum absolute atomic E-state index is 0.135. The fourth-order valence-electron chi connectivity index (χ4n) is 1.58. The van der Waals surface area contributed by atoms with Crippen LogP contribution in [0, 0.1) is 0 Å². The van der Waals surface area contributed by atoms with Crippen molar-refractivity contribution in [2.45, 2.75) is 13.0 Å². The van der Waals surface area contributed by atoms with Gasteiger partial charge in [-0.25, -0.2) is 0 Å². The van der Waals surface area contributed by atoms with Crippen LogP contribution in [-0.4, -0.2) is 10.1 Å². The third kappa shape index (κ3) is 2.51. The van der Waals surface area contributed by atoms with Crippen LogP contribution in [0.3, 0.4) is 0 Å². The van der Waals surface area contributed by atoms with E-state index < -0.39 is 0 Å². The van der Waals surface area contributed by atoms with E-state index in [1.165, 1.54) is 0 Å². The highest BCUT2D eigenvalue weighted by Crippen LogP contribution is 2.21. The summed E-state index contributed by atoms with van der Waals surface area (Å²) < 4.78 is 0.